The summed E-state index contributed by atoms with van der Waals surface area (Å²) in [5.74, 6) is 1.22. The molecule has 4 heterocycles. The van der Waals surface area contributed by atoms with Crippen LogP contribution in [0.3, 0.4) is 0 Å². The number of pyridine rings is 1. The van der Waals surface area contributed by atoms with Crippen LogP contribution in [0.5, 0.6) is 0 Å². The summed E-state index contributed by atoms with van der Waals surface area (Å²) in [6.45, 7) is 5.48. The number of aromatic nitrogens is 5. The van der Waals surface area contributed by atoms with Crippen LogP contribution in [-0.2, 0) is 6.18 Å². The molecule has 0 spiro atoms. The monoisotopic (exact) mass is 545 g/mol. The Bertz CT molecular complexity index is 1450. The Morgan fingerprint density at radius 3 is 2.34 bits per heavy atom. The van der Waals surface area contributed by atoms with Gasteiger partial charge in [-0.3, -0.25) is 4.57 Å². The van der Waals surface area contributed by atoms with Crippen molar-refractivity contribution in [2.45, 2.75) is 25.9 Å². The molecule has 0 atom stereocenters. The van der Waals surface area contributed by atoms with E-state index in [-0.39, 0.29) is 16.8 Å². The molecular formula is C26H24ClF4N7. The van der Waals surface area contributed by atoms with Crippen molar-refractivity contribution in [2.75, 3.05) is 36.0 Å². The van der Waals surface area contributed by atoms with Gasteiger partial charge in [0.1, 0.15) is 23.3 Å². The number of hydrogen-bond acceptors (Lipinski definition) is 6. The summed E-state index contributed by atoms with van der Waals surface area (Å²) in [4.78, 5) is 21.6. The smallest absolute Gasteiger partial charge is 0.353 e. The zero-order valence-corrected chi connectivity index (χ0v) is 21.4. The molecule has 0 N–H and O–H groups in total. The molecule has 1 aliphatic rings. The number of rotatable bonds is 5. The minimum Gasteiger partial charge on any atom is -0.353 e. The highest BCUT2D eigenvalue weighted by Crippen LogP contribution is 2.36. The second-order valence-electron chi connectivity index (χ2n) is 9.20. The Labute approximate surface area is 221 Å². The fourth-order valence-corrected chi connectivity index (χ4v) is 4.60. The van der Waals surface area contributed by atoms with E-state index in [9.17, 15) is 17.6 Å². The van der Waals surface area contributed by atoms with Crippen LogP contribution in [0.25, 0.3) is 17.2 Å². The van der Waals surface area contributed by atoms with Crippen molar-refractivity contribution in [1.82, 2.24) is 24.5 Å². The third-order valence-corrected chi connectivity index (χ3v) is 6.60. The number of nitrogens with zero attached hydrogens (tertiary/aromatic N) is 7. The molecule has 12 heteroatoms. The van der Waals surface area contributed by atoms with Gasteiger partial charge in [-0.05, 0) is 30.3 Å². The Hall–Kier alpha value is -3.73. The van der Waals surface area contributed by atoms with E-state index >= 15 is 0 Å². The molecular weight excluding hydrogens is 522 g/mol. The molecule has 1 aromatic carbocycles. The maximum atomic E-state index is 13.8. The highest BCUT2D eigenvalue weighted by molar-refractivity contribution is 6.31. The quantitative estimate of drug-likeness (QED) is 0.287. The molecule has 0 bridgehead atoms. The topological polar surface area (TPSA) is 63.0 Å². The van der Waals surface area contributed by atoms with Gasteiger partial charge in [0.15, 0.2) is 0 Å². The zero-order valence-electron chi connectivity index (χ0n) is 20.6. The second kappa shape index (κ2) is 10.2. The van der Waals surface area contributed by atoms with Crippen molar-refractivity contribution in [3.05, 3.63) is 77.2 Å². The Morgan fingerprint density at radius 1 is 0.921 bits per heavy atom. The average Bonchev–Trinajstić information content (AvgIpc) is 3.40. The van der Waals surface area contributed by atoms with E-state index in [4.69, 9.17) is 21.6 Å². The largest absolute Gasteiger partial charge is 0.419 e. The summed E-state index contributed by atoms with van der Waals surface area (Å²) in [6, 6.07) is 8.48. The molecule has 1 saturated heterocycles. The summed E-state index contributed by atoms with van der Waals surface area (Å²) in [6.07, 6.45) is 0.314. The van der Waals surface area contributed by atoms with Crippen LogP contribution in [0.1, 0.15) is 31.2 Å². The first-order chi connectivity index (χ1) is 18.1. The van der Waals surface area contributed by atoms with Gasteiger partial charge in [0.05, 0.1) is 16.3 Å². The summed E-state index contributed by atoms with van der Waals surface area (Å²) in [7, 11) is 0. The molecule has 198 valence electrons. The van der Waals surface area contributed by atoms with Crippen LogP contribution in [0.4, 0.5) is 29.2 Å². The van der Waals surface area contributed by atoms with Crippen molar-refractivity contribution < 1.29 is 17.6 Å². The minimum atomic E-state index is -4.49. The van der Waals surface area contributed by atoms with Crippen LogP contribution in [0.15, 0.2) is 55.0 Å². The van der Waals surface area contributed by atoms with Gasteiger partial charge in [-0.25, -0.2) is 19.3 Å². The predicted molar refractivity (Wildman–Crippen MR) is 137 cm³/mol. The van der Waals surface area contributed by atoms with Gasteiger partial charge in [-0.15, -0.1) is 0 Å². The molecule has 0 aliphatic carbocycles. The van der Waals surface area contributed by atoms with Gasteiger partial charge in [-0.2, -0.15) is 18.2 Å². The third kappa shape index (κ3) is 5.15. The first-order valence-electron chi connectivity index (χ1n) is 12.0. The summed E-state index contributed by atoms with van der Waals surface area (Å²) >= 11 is 6.04. The van der Waals surface area contributed by atoms with Gasteiger partial charge in [-0.1, -0.05) is 25.4 Å². The first kappa shape index (κ1) is 25.9. The Morgan fingerprint density at radius 2 is 1.66 bits per heavy atom. The zero-order chi connectivity index (χ0) is 27.0. The van der Waals surface area contributed by atoms with Crippen molar-refractivity contribution >= 4 is 23.2 Å². The number of imidazole rings is 1. The molecule has 0 amide bonds. The van der Waals surface area contributed by atoms with E-state index in [1.54, 1.807) is 34.0 Å². The molecule has 5 rings (SSSR count). The van der Waals surface area contributed by atoms with E-state index in [0.717, 1.165) is 11.9 Å². The molecule has 0 unspecified atom stereocenters. The van der Waals surface area contributed by atoms with Crippen molar-refractivity contribution in [2.24, 2.45) is 0 Å². The van der Waals surface area contributed by atoms with E-state index < -0.39 is 17.6 Å². The van der Waals surface area contributed by atoms with Gasteiger partial charge < -0.3 is 9.80 Å². The number of halogens is 5. The maximum Gasteiger partial charge on any atom is 0.419 e. The number of hydrogen-bond donors (Lipinski definition) is 0. The molecule has 0 saturated carbocycles. The van der Waals surface area contributed by atoms with Gasteiger partial charge >= 0.3 is 6.18 Å². The highest BCUT2D eigenvalue weighted by Gasteiger charge is 2.36. The summed E-state index contributed by atoms with van der Waals surface area (Å²) in [5.41, 5.74) is 0.380. The number of piperazine rings is 1. The average molecular weight is 546 g/mol. The highest BCUT2D eigenvalue weighted by atomic mass is 35.5. The van der Waals surface area contributed by atoms with Crippen LogP contribution in [0, 0.1) is 5.82 Å². The van der Waals surface area contributed by atoms with Gasteiger partial charge in [0.25, 0.3) is 0 Å². The van der Waals surface area contributed by atoms with E-state index in [0.29, 0.717) is 49.2 Å². The summed E-state index contributed by atoms with van der Waals surface area (Å²) < 4.78 is 56.3. The van der Waals surface area contributed by atoms with Crippen LogP contribution >= 0.6 is 11.6 Å². The summed E-state index contributed by atoms with van der Waals surface area (Å²) in [5, 5.41) is -0.0286. The Balaban J connectivity index is 1.49. The van der Waals surface area contributed by atoms with Crippen LogP contribution < -0.4 is 9.80 Å². The lowest BCUT2D eigenvalue weighted by molar-refractivity contribution is -0.137. The maximum absolute atomic E-state index is 13.8. The minimum absolute atomic E-state index is 0.0286. The van der Waals surface area contributed by atoms with Gasteiger partial charge in [0, 0.05) is 62.3 Å². The molecule has 7 nitrogen and oxygen atoms in total. The third-order valence-electron chi connectivity index (χ3n) is 6.31. The van der Waals surface area contributed by atoms with E-state index in [1.165, 1.54) is 24.4 Å². The Kier molecular flexibility index (Phi) is 6.95. The number of benzene rings is 1. The first-order valence-corrected chi connectivity index (χ1v) is 12.4. The molecule has 3 aromatic heterocycles. The van der Waals surface area contributed by atoms with Crippen molar-refractivity contribution in [1.29, 1.82) is 0 Å². The van der Waals surface area contributed by atoms with E-state index in [2.05, 4.69) is 9.97 Å². The predicted octanol–water partition coefficient (Wildman–Crippen LogP) is 5.99. The molecule has 1 fully saturated rings. The number of anilines is 2. The SMILES string of the molecule is CC(C)c1nccn1-c1nc(-c2ccc(F)c(Cl)c2)cc(N2CCN(c3ncccc3C(F)(F)F)CC2)n1. The van der Waals surface area contributed by atoms with Gasteiger partial charge in [0.2, 0.25) is 5.95 Å². The lowest BCUT2D eigenvalue weighted by Gasteiger charge is -2.37. The fraction of sp³-hybridized carbons (Fsp3) is 0.308. The molecule has 1 aliphatic heterocycles. The molecule has 4 aromatic rings. The lowest BCUT2D eigenvalue weighted by atomic mass is 10.1. The second-order valence-corrected chi connectivity index (χ2v) is 9.60. The van der Waals surface area contributed by atoms with Crippen molar-refractivity contribution in [3.63, 3.8) is 0 Å². The van der Waals surface area contributed by atoms with Crippen LogP contribution in [-0.4, -0.2) is 50.7 Å². The molecule has 38 heavy (non-hydrogen) atoms. The fourth-order valence-electron chi connectivity index (χ4n) is 4.42. The van der Waals surface area contributed by atoms with Crippen LogP contribution in [0.2, 0.25) is 5.02 Å². The van der Waals surface area contributed by atoms with E-state index in [1.807, 2.05) is 18.7 Å². The molecule has 0 radical (unpaired) electrons. The normalized spacial score (nSPS) is 14.4. The lowest BCUT2D eigenvalue weighted by Crippen LogP contribution is -2.47. The standard InChI is InChI=1S/C26H24ClF4N7/c1-16(2)23-33-8-9-38(23)25-34-21(17-5-6-20(28)19(27)14-17)15-22(35-25)36-10-12-37(13-11-36)24-18(26(29,30)31)4-3-7-32-24/h3-9,14-16H,10-13H2,1-2H3. The van der Waals surface area contributed by atoms with Crippen molar-refractivity contribution in [3.8, 4) is 17.2 Å². The number of alkyl halides is 3.